The summed E-state index contributed by atoms with van der Waals surface area (Å²) in [5.41, 5.74) is 0. The molecule has 0 fully saturated rings. The molecule has 0 saturated carbocycles. The van der Waals surface area contributed by atoms with Crippen LogP contribution in [0.25, 0.3) is 0 Å². The van der Waals surface area contributed by atoms with Crippen LogP contribution in [0, 0.1) is 0 Å². The molecule has 0 aromatic rings. The van der Waals surface area contributed by atoms with Crippen LogP contribution in [-0.4, -0.2) is 37.7 Å². The maximum atomic E-state index is 11.8. The normalized spacial score (nSPS) is 10.8. The molecule has 0 amide bonds. The van der Waals surface area contributed by atoms with Gasteiger partial charge in [-0.3, -0.25) is 9.59 Å². The topological polar surface area (TPSA) is 78.9 Å². The van der Waals surface area contributed by atoms with Gasteiger partial charge in [0.1, 0.15) is 13.2 Å². The van der Waals surface area contributed by atoms with Gasteiger partial charge in [0.05, 0.1) is 0 Å². The van der Waals surface area contributed by atoms with Crippen LogP contribution in [0.2, 0.25) is 0 Å². The van der Waals surface area contributed by atoms with Crippen LogP contribution in [0.3, 0.4) is 0 Å². The molecule has 0 aromatic heterocycles. The van der Waals surface area contributed by atoms with Gasteiger partial charge in [0.15, 0.2) is 6.10 Å². The second-order valence-corrected chi connectivity index (χ2v) is 7.93. The Morgan fingerprint density at radius 2 is 1.00 bits per heavy atom. The van der Waals surface area contributed by atoms with Crippen molar-refractivity contribution in [2.45, 2.75) is 123 Å². The van der Waals surface area contributed by atoms with Gasteiger partial charge in [0.2, 0.25) is 0 Å². The molecule has 0 N–H and O–H groups in total. The van der Waals surface area contributed by atoms with E-state index in [1.807, 2.05) is 0 Å². The molecule has 0 aliphatic heterocycles. The molecule has 30 heavy (non-hydrogen) atoms. The fourth-order valence-electron chi connectivity index (χ4n) is 3.15. The molecule has 0 aromatic carbocycles. The van der Waals surface area contributed by atoms with Crippen molar-refractivity contribution in [2.24, 2.45) is 0 Å². The summed E-state index contributed by atoms with van der Waals surface area (Å²) in [5.74, 6) is -0.644. The molecule has 0 spiro atoms. The highest BCUT2D eigenvalue weighted by atomic mass is 16.6. The van der Waals surface area contributed by atoms with Gasteiger partial charge >= 0.3 is 18.4 Å². The summed E-state index contributed by atoms with van der Waals surface area (Å²) in [6.45, 7) is 5.48. The van der Waals surface area contributed by atoms with Gasteiger partial charge in [-0.15, -0.1) is 0 Å². The molecule has 0 heterocycles. The number of ether oxygens (including phenoxy) is 3. The third-order valence-electron chi connectivity index (χ3n) is 5.04. The summed E-state index contributed by atoms with van der Waals surface area (Å²) in [6.07, 6.45) is 15.7. The predicted octanol–water partition coefficient (Wildman–Crippen LogP) is 5.81. The predicted molar refractivity (Wildman–Crippen MR) is 118 cm³/mol. The van der Waals surface area contributed by atoms with E-state index in [0.717, 1.165) is 38.5 Å². The Morgan fingerprint density at radius 3 is 1.37 bits per heavy atom. The molecule has 0 aliphatic rings. The van der Waals surface area contributed by atoms with Gasteiger partial charge in [-0.1, -0.05) is 90.9 Å². The van der Waals surface area contributed by atoms with Crippen molar-refractivity contribution in [3.8, 4) is 0 Å². The van der Waals surface area contributed by atoms with Crippen LogP contribution < -0.4 is 0 Å². The number of esters is 2. The minimum Gasteiger partial charge on any atom is -0.462 e. The third-order valence-corrected chi connectivity index (χ3v) is 5.04. The van der Waals surface area contributed by atoms with Crippen LogP contribution in [0.15, 0.2) is 0 Å². The molecule has 1 radical (unpaired) electrons. The lowest BCUT2D eigenvalue weighted by Gasteiger charge is -2.15. The van der Waals surface area contributed by atoms with Gasteiger partial charge in [0, 0.05) is 12.8 Å². The number of rotatable bonds is 22. The molecule has 0 saturated heterocycles. The maximum Gasteiger partial charge on any atom is 0.418 e. The molecule has 0 unspecified atom stereocenters. The maximum absolute atomic E-state index is 11.8. The zero-order valence-corrected chi connectivity index (χ0v) is 19.3. The summed E-state index contributed by atoms with van der Waals surface area (Å²) < 4.78 is 15.0. The summed E-state index contributed by atoms with van der Waals surface area (Å²) in [6, 6.07) is 0. The molecular weight excluding hydrogens is 384 g/mol. The molecule has 0 bridgehead atoms. The second kappa shape index (κ2) is 22.1. The number of unbranched alkanes of at least 4 members (excludes halogenated alkanes) is 12. The lowest BCUT2D eigenvalue weighted by molar-refractivity contribution is -0.151. The van der Waals surface area contributed by atoms with E-state index in [9.17, 15) is 14.4 Å². The summed E-state index contributed by atoms with van der Waals surface area (Å²) in [7, 11) is 0. The van der Waals surface area contributed by atoms with Crippen LogP contribution >= 0.6 is 0 Å². The van der Waals surface area contributed by atoms with Crippen molar-refractivity contribution in [2.75, 3.05) is 13.2 Å². The monoisotopic (exact) mass is 427 g/mol. The van der Waals surface area contributed by atoms with Crippen LogP contribution in [-0.2, 0) is 28.6 Å². The Bertz CT molecular complexity index is 390. The van der Waals surface area contributed by atoms with Crippen molar-refractivity contribution < 1.29 is 28.6 Å². The molecule has 175 valence electrons. The Balaban J connectivity index is 3.78. The van der Waals surface area contributed by atoms with Crippen molar-refractivity contribution in [3.05, 3.63) is 0 Å². The lowest BCUT2D eigenvalue weighted by Crippen LogP contribution is -2.28. The molecule has 0 aliphatic carbocycles. The second-order valence-electron chi connectivity index (χ2n) is 7.93. The van der Waals surface area contributed by atoms with Crippen molar-refractivity contribution in [1.29, 1.82) is 0 Å². The first-order valence-corrected chi connectivity index (χ1v) is 12.0. The van der Waals surface area contributed by atoms with Crippen molar-refractivity contribution in [1.82, 2.24) is 0 Å². The van der Waals surface area contributed by atoms with E-state index < -0.39 is 6.10 Å². The van der Waals surface area contributed by atoms with E-state index in [2.05, 4.69) is 13.8 Å². The summed E-state index contributed by atoms with van der Waals surface area (Å²) in [5, 5.41) is 0. The Kier molecular flexibility index (Phi) is 20.9. The minimum absolute atomic E-state index is 0.116. The highest BCUT2D eigenvalue weighted by Gasteiger charge is 2.16. The van der Waals surface area contributed by atoms with E-state index in [1.165, 1.54) is 57.8 Å². The van der Waals surface area contributed by atoms with Gasteiger partial charge in [-0.25, -0.2) is 4.79 Å². The average Bonchev–Trinajstić information content (AvgIpc) is 2.74. The Morgan fingerprint density at radius 1 is 0.633 bits per heavy atom. The van der Waals surface area contributed by atoms with Gasteiger partial charge in [0.25, 0.3) is 0 Å². The zero-order chi connectivity index (χ0) is 22.3. The van der Waals surface area contributed by atoms with E-state index in [-0.39, 0.29) is 25.2 Å². The third kappa shape index (κ3) is 19.7. The van der Waals surface area contributed by atoms with Gasteiger partial charge in [-0.2, -0.15) is 0 Å². The number of carbonyl (C=O) groups is 2. The number of hydrogen-bond acceptors (Lipinski definition) is 6. The van der Waals surface area contributed by atoms with E-state index in [1.54, 1.807) is 0 Å². The SMILES string of the molecule is CCCCCCCCCC(=O)OCC(COC(=O)CCCCCCCCC)O[C]=O. The molecule has 6 nitrogen and oxygen atoms in total. The Hall–Kier alpha value is -1.59. The van der Waals surface area contributed by atoms with Crippen molar-refractivity contribution in [3.63, 3.8) is 0 Å². The first-order valence-electron chi connectivity index (χ1n) is 12.0. The molecule has 0 rings (SSSR count). The quantitative estimate of drug-likeness (QED) is 0.123. The van der Waals surface area contributed by atoms with Crippen LogP contribution in [0.5, 0.6) is 0 Å². The fourth-order valence-corrected chi connectivity index (χ4v) is 3.15. The highest BCUT2D eigenvalue weighted by molar-refractivity contribution is 5.69. The highest BCUT2D eigenvalue weighted by Crippen LogP contribution is 2.10. The summed E-state index contributed by atoms with van der Waals surface area (Å²) in [4.78, 5) is 34.1. The fraction of sp³-hybridized carbons (Fsp3) is 0.875. The van der Waals surface area contributed by atoms with Crippen LogP contribution in [0.4, 0.5) is 0 Å². The van der Waals surface area contributed by atoms with Gasteiger partial charge < -0.3 is 14.2 Å². The average molecular weight is 428 g/mol. The van der Waals surface area contributed by atoms with E-state index in [4.69, 9.17) is 14.2 Å². The van der Waals surface area contributed by atoms with Crippen LogP contribution in [0.1, 0.15) is 117 Å². The Labute approximate surface area is 183 Å². The van der Waals surface area contributed by atoms with E-state index in [0.29, 0.717) is 12.8 Å². The first-order chi connectivity index (χ1) is 14.6. The molecule has 6 heteroatoms. The standard InChI is InChI=1S/C24H43O6/c1-3-5-7-9-11-13-15-17-23(26)28-19-22(30-21-25)20-29-24(27)18-16-14-12-10-8-6-4-2/h22H,3-20H2,1-2H3. The largest absolute Gasteiger partial charge is 0.462 e. The lowest BCUT2D eigenvalue weighted by atomic mass is 10.1. The number of carbonyl (C=O) groups excluding carboxylic acids is 3. The number of hydrogen-bond donors (Lipinski definition) is 0. The van der Waals surface area contributed by atoms with Crippen molar-refractivity contribution >= 4 is 18.4 Å². The first kappa shape index (κ1) is 28.4. The molecular formula is C24H43O6. The molecule has 0 atom stereocenters. The summed E-state index contributed by atoms with van der Waals surface area (Å²) >= 11 is 0. The zero-order valence-electron chi connectivity index (χ0n) is 19.3. The smallest absolute Gasteiger partial charge is 0.418 e. The van der Waals surface area contributed by atoms with E-state index >= 15 is 0 Å². The van der Waals surface area contributed by atoms with Gasteiger partial charge in [-0.05, 0) is 12.8 Å². The minimum atomic E-state index is -0.807.